The first-order valence-electron chi connectivity index (χ1n) is 6.96. The van der Waals surface area contributed by atoms with Crippen LogP contribution in [0.4, 0.5) is 5.82 Å². The molecule has 0 aliphatic heterocycles. The fourth-order valence-electron chi connectivity index (χ4n) is 2.39. The smallest absolute Gasteiger partial charge is 0.209 e. The monoisotopic (exact) mass is 297 g/mol. The summed E-state index contributed by atoms with van der Waals surface area (Å²) in [6, 6.07) is 10.8. The predicted octanol–water partition coefficient (Wildman–Crippen LogP) is 3.29. The van der Waals surface area contributed by atoms with Gasteiger partial charge in [0.25, 0.3) is 0 Å². The zero-order valence-electron chi connectivity index (χ0n) is 12.1. The fourth-order valence-corrected chi connectivity index (χ4v) is 2.39. The second-order valence-electron chi connectivity index (χ2n) is 4.72. The lowest BCUT2D eigenvalue weighted by Crippen LogP contribution is -1.90. The number of hydrogen-bond donors (Lipinski definition) is 1. The molecule has 2 aromatic heterocycles. The summed E-state index contributed by atoms with van der Waals surface area (Å²) in [5.74, 6) is 0.973. The molecule has 0 radical (unpaired) electrons. The lowest BCUT2D eigenvalue weighted by atomic mass is 10.1. The maximum atomic E-state index is 11.2. The van der Waals surface area contributed by atoms with Gasteiger partial charge in [-0.2, -0.15) is 0 Å². The summed E-state index contributed by atoms with van der Waals surface area (Å²) < 4.78 is 6.99. The Hall–Kier alpha value is -2.73. The Kier molecular flexibility index (Phi) is 3.84. The van der Waals surface area contributed by atoms with E-state index in [4.69, 9.17) is 4.74 Å². The van der Waals surface area contributed by atoms with Crippen molar-refractivity contribution in [2.75, 3.05) is 6.61 Å². The highest BCUT2D eigenvalue weighted by Gasteiger charge is 2.16. The molecule has 0 amide bonds. The highest BCUT2D eigenvalue weighted by molar-refractivity contribution is 5.75. The molecule has 3 aromatic rings. The van der Waals surface area contributed by atoms with Crippen LogP contribution in [-0.4, -0.2) is 21.1 Å². The molecule has 112 valence electrons. The van der Waals surface area contributed by atoms with Crippen LogP contribution in [0.2, 0.25) is 0 Å². The summed E-state index contributed by atoms with van der Waals surface area (Å²) in [4.78, 5) is 15.7. The van der Waals surface area contributed by atoms with Crippen LogP contribution in [-0.2, 0) is 6.61 Å². The molecule has 6 nitrogen and oxygen atoms in total. The number of imidazole rings is 1. The number of aliphatic hydroxyl groups excluding tert-OH is 1. The van der Waals surface area contributed by atoms with Gasteiger partial charge in [-0.3, -0.25) is 4.40 Å². The molecule has 2 heterocycles. The largest absolute Gasteiger partial charge is 0.494 e. The molecule has 0 saturated heterocycles. The van der Waals surface area contributed by atoms with Crippen LogP contribution >= 0.6 is 0 Å². The second kappa shape index (κ2) is 5.95. The van der Waals surface area contributed by atoms with Crippen LogP contribution in [0.1, 0.15) is 12.5 Å². The first-order valence-corrected chi connectivity index (χ1v) is 6.96. The van der Waals surface area contributed by atoms with Gasteiger partial charge in [0, 0.05) is 17.3 Å². The number of aromatic nitrogens is 2. The molecule has 0 spiro atoms. The molecule has 0 saturated carbocycles. The van der Waals surface area contributed by atoms with Crippen LogP contribution in [0.5, 0.6) is 5.75 Å². The first-order chi connectivity index (χ1) is 10.8. The van der Waals surface area contributed by atoms with Crippen LogP contribution in [0.3, 0.4) is 0 Å². The van der Waals surface area contributed by atoms with Crippen molar-refractivity contribution >= 4 is 11.5 Å². The molecule has 1 N–H and O–H groups in total. The van der Waals surface area contributed by atoms with Crippen molar-refractivity contribution in [2.24, 2.45) is 5.18 Å². The van der Waals surface area contributed by atoms with Gasteiger partial charge in [0.15, 0.2) is 0 Å². The van der Waals surface area contributed by atoms with Gasteiger partial charge in [-0.1, -0.05) is 6.07 Å². The van der Waals surface area contributed by atoms with Crippen molar-refractivity contribution in [3.8, 4) is 17.0 Å². The number of hydrogen-bond acceptors (Lipinski definition) is 5. The van der Waals surface area contributed by atoms with Crippen LogP contribution in [0, 0.1) is 4.91 Å². The number of fused-ring (bicyclic) bond motifs is 1. The molecular weight excluding hydrogens is 282 g/mol. The number of benzene rings is 1. The van der Waals surface area contributed by atoms with Crippen LogP contribution in [0.15, 0.2) is 47.8 Å². The van der Waals surface area contributed by atoms with Crippen LogP contribution < -0.4 is 4.74 Å². The summed E-state index contributed by atoms with van der Waals surface area (Å²) in [6.07, 6.45) is 1.70. The van der Waals surface area contributed by atoms with Gasteiger partial charge in [0.1, 0.15) is 17.1 Å². The SMILES string of the molecule is CCOc1ccc(-c2nc3c(CO)cccn3c2N=O)cc1. The normalized spacial score (nSPS) is 10.8. The quantitative estimate of drug-likeness (QED) is 0.733. The van der Waals surface area contributed by atoms with Crippen molar-refractivity contribution in [3.63, 3.8) is 0 Å². The summed E-state index contributed by atoms with van der Waals surface area (Å²) >= 11 is 0. The third-order valence-corrected chi connectivity index (χ3v) is 3.40. The van der Waals surface area contributed by atoms with Gasteiger partial charge in [-0.15, -0.1) is 4.91 Å². The van der Waals surface area contributed by atoms with Gasteiger partial charge in [0.2, 0.25) is 5.82 Å². The lowest BCUT2D eigenvalue weighted by Gasteiger charge is -2.03. The zero-order chi connectivity index (χ0) is 15.5. The van der Waals surface area contributed by atoms with E-state index < -0.39 is 0 Å². The number of pyridine rings is 1. The summed E-state index contributed by atoms with van der Waals surface area (Å²) in [6.45, 7) is 2.36. The number of nitrogens with zero attached hydrogens (tertiary/aromatic N) is 3. The fraction of sp³-hybridized carbons (Fsp3) is 0.188. The third kappa shape index (κ3) is 2.33. The molecule has 0 aliphatic rings. The molecule has 3 rings (SSSR count). The van der Waals surface area contributed by atoms with E-state index in [-0.39, 0.29) is 12.4 Å². The molecule has 0 fully saturated rings. The number of ether oxygens (including phenoxy) is 1. The molecule has 0 aliphatic carbocycles. The van der Waals surface area contributed by atoms with E-state index in [9.17, 15) is 10.0 Å². The van der Waals surface area contributed by atoms with Crippen molar-refractivity contribution in [1.29, 1.82) is 0 Å². The van der Waals surface area contributed by atoms with Gasteiger partial charge in [-0.25, -0.2) is 4.98 Å². The Bertz CT molecular complexity index is 809. The predicted molar refractivity (Wildman–Crippen MR) is 83.2 cm³/mol. The van der Waals surface area contributed by atoms with Gasteiger partial charge in [0.05, 0.1) is 13.2 Å². The molecule has 22 heavy (non-hydrogen) atoms. The van der Waals surface area contributed by atoms with E-state index >= 15 is 0 Å². The van der Waals surface area contributed by atoms with Crippen molar-refractivity contribution in [1.82, 2.24) is 9.38 Å². The molecule has 0 atom stereocenters. The highest BCUT2D eigenvalue weighted by atomic mass is 16.5. The minimum Gasteiger partial charge on any atom is -0.494 e. The maximum absolute atomic E-state index is 11.2. The van der Waals surface area contributed by atoms with Crippen molar-refractivity contribution in [3.05, 3.63) is 53.1 Å². The summed E-state index contributed by atoms with van der Waals surface area (Å²) in [7, 11) is 0. The van der Waals surface area contributed by atoms with E-state index in [0.717, 1.165) is 11.3 Å². The number of aliphatic hydroxyl groups is 1. The van der Waals surface area contributed by atoms with E-state index in [0.29, 0.717) is 23.5 Å². The Morgan fingerprint density at radius 3 is 2.68 bits per heavy atom. The molecular formula is C16H15N3O3. The van der Waals surface area contributed by atoms with Crippen molar-refractivity contribution < 1.29 is 9.84 Å². The average Bonchev–Trinajstić information content (AvgIpc) is 2.94. The Balaban J connectivity index is 2.15. The molecule has 0 bridgehead atoms. The third-order valence-electron chi connectivity index (χ3n) is 3.40. The van der Waals surface area contributed by atoms with E-state index in [1.54, 1.807) is 22.7 Å². The van der Waals surface area contributed by atoms with Crippen molar-refractivity contribution in [2.45, 2.75) is 13.5 Å². The zero-order valence-corrected chi connectivity index (χ0v) is 12.1. The molecule has 1 aromatic carbocycles. The number of rotatable bonds is 5. The summed E-state index contributed by atoms with van der Waals surface area (Å²) in [5.41, 5.74) is 2.43. The summed E-state index contributed by atoms with van der Waals surface area (Å²) in [5, 5.41) is 12.5. The average molecular weight is 297 g/mol. The Morgan fingerprint density at radius 2 is 2.05 bits per heavy atom. The van der Waals surface area contributed by atoms with E-state index in [1.807, 2.05) is 31.2 Å². The van der Waals surface area contributed by atoms with E-state index in [2.05, 4.69) is 10.2 Å². The topological polar surface area (TPSA) is 76.2 Å². The lowest BCUT2D eigenvalue weighted by molar-refractivity contribution is 0.282. The van der Waals surface area contributed by atoms with Gasteiger partial charge < -0.3 is 9.84 Å². The number of nitroso groups, excluding NO2 is 1. The first kappa shape index (κ1) is 14.2. The second-order valence-corrected chi connectivity index (χ2v) is 4.72. The maximum Gasteiger partial charge on any atom is 0.209 e. The molecule has 6 heteroatoms. The van der Waals surface area contributed by atoms with E-state index in [1.165, 1.54) is 0 Å². The Labute approximate surface area is 127 Å². The Morgan fingerprint density at radius 1 is 1.27 bits per heavy atom. The minimum absolute atomic E-state index is 0.150. The minimum atomic E-state index is -0.150. The van der Waals surface area contributed by atoms with Gasteiger partial charge in [-0.05, 0) is 42.4 Å². The standard InChI is InChI=1S/C16H15N3O3/c1-2-22-13-7-5-11(6-8-13)14-16(18-21)19-9-3-4-12(10-20)15(19)17-14/h3-9,20H,2,10H2,1H3. The molecule has 0 unspecified atom stereocenters. The van der Waals surface area contributed by atoms with Gasteiger partial charge >= 0.3 is 0 Å². The highest BCUT2D eigenvalue weighted by Crippen LogP contribution is 2.32. The van der Waals surface area contributed by atoms with Crippen LogP contribution in [0.25, 0.3) is 16.9 Å².